The molecule has 1 atom stereocenters. The Hall–Kier alpha value is -1.85. The minimum atomic E-state index is -0.396. The smallest absolute Gasteiger partial charge is 0.307 e. The van der Waals surface area contributed by atoms with Crippen molar-refractivity contribution in [1.82, 2.24) is 0 Å². The van der Waals surface area contributed by atoms with E-state index in [0.29, 0.717) is 6.61 Å². The molecule has 0 heterocycles. The maximum absolute atomic E-state index is 11.3. The van der Waals surface area contributed by atoms with Crippen molar-refractivity contribution in [3.8, 4) is 5.75 Å². The first-order valence-electron chi connectivity index (χ1n) is 6.88. The Balaban J connectivity index is 2.01. The molecule has 2 aromatic rings. The van der Waals surface area contributed by atoms with E-state index in [2.05, 4.69) is 20.7 Å². The molecule has 5 heteroatoms. The summed E-state index contributed by atoms with van der Waals surface area (Å²) in [5.41, 5.74) is 7.94. The maximum atomic E-state index is 11.3. The van der Waals surface area contributed by atoms with E-state index in [-0.39, 0.29) is 12.4 Å². The van der Waals surface area contributed by atoms with Crippen molar-refractivity contribution in [1.29, 1.82) is 0 Å². The van der Waals surface area contributed by atoms with Gasteiger partial charge in [-0.1, -0.05) is 36.4 Å². The van der Waals surface area contributed by atoms with E-state index in [9.17, 15) is 4.79 Å². The first kappa shape index (κ1) is 16.5. The van der Waals surface area contributed by atoms with Crippen molar-refractivity contribution in [2.24, 2.45) is 5.73 Å². The number of hydrogen-bond acceptors (Lipinski definition) is 4. The zero-order chi connectivity index (χ0) is 15.9. The molecular formula is C17H18BrNO3. The summed E-state index contributed by atoms with van der Waals surface area (Å²) in [4.78, 5) is 11.3. The Labute approximate surface area is 138 Å². The first-order valence-corrected chi connectivity index (χ1v) is 7.68. The molecule has 2 aromatic carbocycles. The predicted molar refractivity (Wildman–Crippen MR) is 88.5 cm³/mol. The molecule has 0 aliphatic heterocycles. The molecule has 0 bridgehead atoms. The van der Waals surface area contributed by atoms with Gasteiger partial charge in [0.1, 0.15) is 12.4 Å². The third kappa shape index (κ3) is 4.58. The summed E-state index contributed by atoms with van der Waals surface area (Å²) in [7, 11) is 1.35. The largest absolute Gasteiger partial charge is 0.488 e. The lowest BCUT2D eigenvalue weighted by Crippen LogP contribution is -2.16. The number of nitrogens with two attached hydrogens (primary N) is 1. The molecule has 0 saturated carbocycles. The van der Waals surface area contributed by atoms with Gasteiger partial charge in [0.25, 0.3) is 0 Å². The van der Waals surface area contributed by atoms with Crippen molar-refractivity contribution >= 4 is 21.9 Å². The van der Waals surface area contributed by atoms with Gasteiger partial charge in [-0.2, -0.15) is 0 Å². The van der Waals surface area contributed by atoms with Gasteiger partial charge in [-0.25, -0.2) is 0 Å². The van der Waals surface area contributed by atoms with Crippen LogP contribution in [0, 0.1) is 0 Å². The number of carbonyl (C=O) groups is 1. The van der Waals surface area contributed by atoms with Crippen LogP contribution in [0.5, 0.6) is 5.75 Å². The van der Waals surface area contributed by atoms with Crippen LogP contribution in [0.3, 0.4) is 0 Å². The van der Waals surface area contributed by atoms with E-state index >= 15 is 0 Å². The molecule has 2 rings (SSSR count). The van der Waals surface area contributed by atoms with Gasteiger partial charge >= 0.3 is 5.97 Å². The van der Waals surface area contributed by atoms with Gasteiger partial charge in [0.2, 0.25) is 0 Å². The summed E-state index contributed by atoms with van der Waals surface area (Å²) < 4.78 is 11.2. The molecule has 22 heavy (non-hydrogen) atoms. The van der Waals surface area contributed by atoms with E-state index in [1.54, 1.807) is 0 Å². The highest BCUT2D eigenvalue weighted by Gasteiger charge is 2.13. The number of ether oxygens (including phenoxy) is 2. The molecular weight excluding hydrogens is 346 g/mol. The van der Waals surface area contributed by atoms with Crippen LogP contribution in [0.4, 0.5) is 0 Å². The monoisotopic (exact) mass is 363 g/mol. The van der Waals surface area contributed by atoms with Crippen LogP contribution < -0.4 is 10.5 Å². The lowest BCUT2D eigenvalue weighted by atomic mass is 10.0. The van der Waals surface area contributed by atoms with Crippen LogP contribution in [0.2, 0.25) is 0 Å². The average molecular weight is 364 g/mol. The summed E-state index contributed by atoms with van der Waals surface area (Å²) in [5, 5.41) is 0. The second kappa shape index (κ2) is 7.96. The van der Waals surface area contributed by atoms with Crippen LogP contribution in [-0.4, -0.2) is 13.1 Å². The topological polar surface area (TPSA) is 61.5 Å². The van der Waals surface area contributed by atoms with Crippen molar-refractivity contribution in [2.45, 2.75) is 19.1 Å². The van der Waals surface area contributed by atoms with Gasteiger partial charge < -0.3 is 15.2 Å². The molecule has 0 spiro atoms. The molecule has 0 fully saturated rings. The predicted octanol–water partition coefficient (Wildman–Crippen LogP) is 3.59. The second-order valence-electron chi connectivity index (χ2n) is 4.85. The quantitative estimate of drug-likeness (QED) is 0.796. The Morgan fingerprint density at radius 3 is 2.59 bits per heavy atom. The molecule has 4 nitrogen and oxygen atoms in total. The standard InChI is InChI=1S/C17H18BrNO3/c1-21-17(20)10-15(19)13-7-8-16(14(18)9-13)22-11-12-5-3-2-4-6-12/h2-9,15H,10-11,19H2,1H3. The van der Waals surface area contributed by atoms with E-state index in [0.717, 1.165) is 21.3 Å². The van der Waals surface area contributed by atoms with Crippen LogP contribution >= 0.6 is 15.9 Å². The molecule has 1 unspecified atom stereocenters. The minimum Gasteiger partial charge on any atom is -0.488 e. The van der Waals surface area contributed by atoms with Crippen molar-refractivity contribution in [3.05, 3.63) is 64.1 Å². The molecule has 0 aliphatic carbocycles. The lowest BCUT2D eigenvalue weighted by Gasteiger charge is -2.13. The number of hydrogen-bond donors (Lipinski definition) is 1. The van der Waals surface area contributed by atoms with E-state index in [1.807, 2.05) is 48.5 Å². The number of carbonyl (C=O) groups excluding carboxylic acids is 1. The number of halogens is 1. The van der Waals surface area contributed by atoms with Crippen LogP contribution in [-0.2, 0) is 16.1 Å². The number of benzene rings is 2. The fourth-order valence-corrected chi connectivity index (χ4v) is 2.49. The molecule has 0 aromatic heterocycles. The highest BCUT2D eigenvalue weighted by atomic mass is 79.9. The van der Waals surface area contributed by atoms with Gasteiger partial charge in [-0.15, -0.1) is 0 Å². The van der Waals surface area contributed by atoms with Crippen LogP contribution in [0.25, 0.3) is 0 Å². The van der Waals surface area contributed by atoms with Crippen molar-refractivity contribution < 1.29 is 14.3 Å². The van der Waals surface area contributed by atoms with Crippen LogP contribution in [0.1, 0.15) is 23.6 Å². The summed E-state index contributed by atoms with van der Waals surface area (Å²) in [5.74, 6) is 0.408. The van der Waals surface area contributed by atoms with Gasteiger partial charge in [0.05, 0.1) is 18.0 Å². The number of esters is 1. The molecule has 0 amide bonds. The number of rotatable bonds is 6. The second-order valence-corrected chi connectivity index (χ2v) is 5.71. The molecule has 116 valence electrons. The summed E-state index contributed by atoms with van der Waals surface area (Å²) in [6.45, 7) is 0.493. The van der Waals surface area contributed by atoms with Crippen molar-refractivity contribution in [3.63, 3.8) is 0 Å². The lowest BCUT2D eigenvalue weighted by molar-refractivity contribution is -0.141. The zero-order valence-electron chi connectivity index (χ0n) is 12.3. The average Bonchev–Trinajstić information content (AvgIpc) is 2.54. The molecule has 2 N–H and O–H groups in total. The van der Waals surface area contributed by atoms with Gasteiger partial charge in [0, 0.05) is 6.04 Å². The van der Waals surface area contributed by atoms with Gasteiger partial charge in [0.15, 0.2) is 0 Å². The fraction of sp³-hybridized carbons (Fsp3) is 0.235. The summed E-state index contributed by atoms with van der Waals surface area (Å²) in [6, 6.07) is 15.1. The van der Waals surface area contributed by atoms with Crippen LogP contribution in [0.15, 0.2) is 53.0 Å². The molecule has 0 aliphatic rings. The van der Waals surface area contributed by atoms with Crippen molar-refractivity contribution in [2.75, 3.05) is 7.11 Å². The number of methoxy groups -OCH3 is 1. The summed E-state index contributed by atoms with van der Waals surface area (Å²) in [6.07, 6.45) is 0.146. The minimum absolute atomic E-state index is 0.146. The van der Waals surface area contributed by atoms with E-state index in [1.165, 1.54) is 7.11 Å². The molecule has 0 radical (unpaired) electrons. The third-order valence-corrected chi connectivity index (χ3v) is 3.86. The Bertz CT molecular complexity index is 631. The Kier molecular flexibility index (Phi) is 5.98. The zero-order valence-corrected chi connectivity index (χ0v) is 13.9. The van der Waals surface area contributed by atoms with Gasteiger partial charge in [-0.05, 0) is 39.2 Å². The highest BCUT2D eigenvalue weighted by Crippen LogP contribution is 2.29. The SMILES string of the molecule is COC(=O)CC(N)c1ccc(OCc2ccccc2)c(Br)c1. The normalized spacial score (nSPS) is 11.8. The van der Waals surface area contributed by atoms with Gasteiger partial charge in [-0.3, -0.25) is 4.79 Å². The van der Waals surface area contributed by atoms with E-state index in [4.69, 9.17) is 10.5 Å². The molecule has 0 saturated heterocycles. The first-order chi connectivity index (χ1) is 10.6. The third-order valence-electron chi connectivity index (χ3n) is 3.24. The fourth-order valence-electron chi connectivity index (χ4n) is 1.98. The van der Waals surface area contributed by atoms with E-state index < -0.39 is 6.04 Å². The Morgan fingerprint density at radius 1 is 1.23 bits per heavy atom. The highest BCUT2D eigenvalue weighted by molar-refractivity contribution is 9.10. The maximum Gasteiger partial charge on any atom is 0.307 e. The Morgan fingerprint density at radius 2 is 1.95 bits per heavy atom. The summed E-state index contributed by atoms with van der Waals surface area (Å²) >= 11 is 3.48.